The van der Waals surface area contributed by atoms with Crippen molar-refractivity contribution in [1.29, 1.82) is 0 Å². The first-order valence-electron chi connectivity index (χ1n) is 11.3. The Morgan fingerprint density at radius 1 is 1.09 bits per heavy atom. The van der Waals surface area contributed by atoms with Gasteiger partial charge in [-0.2, -0.15) is 12.7 Å². The highest BCUT2D eigenvalue weighted by Gasteiger charge is 2.40. The van der Waals surface area contributed by atoms with Crippen LogP contribution >= 0.6 is 0 Å². The number of nitrogens with zero attached hydrogens (tertiary/aromatic N) is 3. The summed E-state index contributed by atoms with van der Waals surface area (Å²) in [5, 5.41) is -0.210. The molecule has 0 aliphatic carbocycles. The second kappa shape index (κ2) is 10.7. The maximum absolute atomic E-state index is 13.6. The van der Waals surface area contributed by atoms with Gasteiger partial charge in [-0.3, -0.25) is 8.98 Å². The van der Waals surface area contributed by atoms with Crippen LogP contribution in [0, 0.1) is 5.92 Å². The maximum Gasteiger partial charge on any atom is 0.264 e. The van der Waals surface area contributed by atoms with E-state index < -0.39 is 26.1 Å². The summed E-state index contributed by atoms with van der Waals surface area (Å²) >= 11 is 0. The molecule has 2 aliphatic heterocycles. The van der Waals surface area contributed by atoms with Crippen LogP contribution in [0.3, 0.4) is 0 Å². The first-order valence-corrected chi connectivity index (χ1v) is 14.6. The fourth-order valence-corrected chi connectivity index (χ4v) is 6.29. The number of carbonyl (C=O) groups is 1. The minimum Gasteiger partial charge on any atom is -0.378 e. The van der Waals surface area contributed by atoms with Gasteiger partial charge in [0.05, 0.1) is 32.0 Å². The molecule has 2 atom stereocenters. The van der Waals surface area contributed by atoms with E-state index >= 15 is 0 Å². The summed E-state index contributed by atoms with van der Waals surface area (Å²) < 4.78 is 61.4. The number of morpholine rings is 1. The van der Waals surface area contributed by atoms with E-state index in [1.165, 1.54) is 22.6 Å². The Balaban J connectivity index is 1.61. The highest BCUT2D eigenvalue weighted by molar-refractivity contribution is 7.89. The summed E-state index contributed by atoms with van der Waals surface area (Å²) in [5.41, 5.74) is 1.33. The number of carbonyl (C=O) groups excluding carboxylic acids is 1. The van der Waals surface area contributed by atoms with Crippen molar-refractivity contribution in [2.45, 2.75) is 24.0 Å². The highest BCUT2D eigenvalue weighted by Crippen LogP contribution is 2.34. The predicted molar refractivity (Wildman–Crippen MR) is 127 cm³/mol. The number of hydrogen-bond donors (Lipinski definition) is 0. The molecule has 1 aromatic carbocycles. The average Bonchev–Trinajstić information content (AvgIpc) is 2.87. The summed E-state index contributed by atoms with van der Waals surface area (Å²) in [6.07, 6.45) is 2.78. The van der Waals surface area contributed by atoms with Crippen LogP contribution in [0.1, 0.15) is 23.5 Å². The number of amides is 1. The number of ether oxygens (including phenoxy) is 1. The molecule has 0 saturated carbocycles. The van der Waals surface area contributed by atoms with Crippen LogP contribution < -0.4 is 0 Å². The second-order valence-corrected chi connectivity index (χ2v) is 12.3. The Morgan fingerprint density at radius 3 is 2.49 bits per heavy atom. The van der Waals surface area contributed by atoms with Gasteiger partial charge in [0, 0.05) is 32.4 Å². The largest absolute Gasteiger partial charge is 0.378 e. The summed E-state index contributed by atoms with van der Waals surface area (Å²) in [7, 11) is -7.74. The van der Waals surface area contributed by atoms with Gasteiger partial charge in [-0.1, -0.05) is 30.3 Å². The van der Waals surface area contributed by atoms with Crippen molar-refractivity contribution in [3.8, 4) is 0 Å². The molecule has 35 heavy (non-hydrogen) atoms. The molecule has 0 unspecified atom stereocenters. The summed E-state index contributed by atoms with van der Waals surface area (Å²) in [6, 6.07) is 12.4. The molecule has 2 aliphatic rings. The molecular formula is C23H29N3O7S2. The molecule has 0 N–H and O–H groups in total. The molecule has 1 aromatic heterocycles. The maximum atomic E-state index is 13.6. The number of hydrogen-bond acceptors (Lipinski definition) is 8. The molecule has 2 fully saturated rings. The Hall–Kier alpha value is -2.38. The van der Waals surface area contributed by atoms with Gasteiger partial charge >= 0.3 is 0 Å². The van der Waals surface area contributed by atoms with Gasteiger partial charge in [0.15, 0.2) is 5.03 Å². The molecule has 4 rings (SSSR count). The third kappa shape index (κ3) is 6.44. The third-order valence-corrected chi connectivity index (χ3v) is 8.48. The third-order valence-electron chi connectivity index (χ3n) is 6.20. The topological polar surface area (TPSA) is 123 Å². The lowest BCUT2D eigenvalue weighted by Crippen LogP contribution is -2.51. The highest BCUT2D eigenvalue weighted by atomic mass is 32.2. The Bertz CT molecular complexity index is 1250. The summed E-state index contributed by atoms with van der Waals surface area (Å²) in [5.74, 6) is -0.734. The Labute approximate surface area is 206 Å². The lowest BCUT2D eigenvalue weighted by atomic mass is 9.85. The molecule has 2 aromatic rings. The van der Waals surface area contributed by atoms with Crippen LogP contribution in [0.4, 0.5) is 0 Å². The standard InChI is InChI=1S/C23H29N3O7S2/c1-34(28,29)33-17-18-7-8-24-22(13-18)35(30,31)26-15-20(19-5-3-2-4-6-19)14-21(16-26)23(27)25-9-11-32-12-10-25/h2-8,13,20-21H,9-12,14-17H2,1H3/t20-,21+/m1/s1. The summed E-state index contributed by atoms with van der Waals surface area (Å²) in [4.78, 5) is 19.1. The molecule has 10 nitrogen and oxygen atoms in total. The zero-order valence-electron chi connectivity index (χ0n) is 19.4. The van der Waals surface area contributed by atoms with Crippen molar-refractivity contribution in [3.63, 3.8) is 0 Å². The second-order valence-electron chi connectivity index (χ2n) is 8.77. The van der Waals surface area contributed by atoms with Gasteiger partial charge in [-0.05, 0) is 35.6 Å². The number of aromatic nitrogens is 1. The van der Waals surface area contributed by atoms with Crippen molar-refractivity contribution < 1.29 is 30.6 Å². The number of piperidine rings is 1. The van der Waals surface area contributed by atoms with E-state index in [9.17, 15) is 21.6 Å². The quantitative estimate of drug-likeness (QED) is 0.496. The number of pyridine rings is 1. The average molecular weight is 524 g/mol. The lowest BCUT2D eigenvalue weighted by molar-refractivity contribution is -0.141. The summed E-state index contributed by atoms with van der Waals surface area (Å²) in [6.45, 7) is 1.88. The first kappa shape index (κ1) is 25.7. The zero-order chi connectivity index (χ0) is 25.1. The van der Waals surface area contributed by atoms with E-state index in [4.69, 9.17) is 8.92 Å². The fourth-order valence-electron chi connectivity index (χ4n) is 4.43. The monoisotopic (exact) mass is 523 g/mol. The molecular weight excluding hydrogens is 494 g/mol. The van der Waals surface area contributed by atoms with Gasteiger partial charge < -0.3 is 9.64 Å². The molecule has 3 heterocycles. The van der Waals surface area contributed by atoms with Crippen molar-refractivity contribution in [3.05, 3.63) is 59.8 Å². The van der Waals surface area contributed by atoms with Crippen LogP contribution in [0.25, 0.3) is 0 Å². The van der Waals surface area contributed by atoms with Crippen molar-refractivity contribution in [1.82, 2.24) is 14.2 Å². The van der Waals surface area contributed by atoms with Crippen LogP contribution in [-0.4, -0.2) is 82.6 Å². The minimum atomic E-state index is -4.05. The van der Waals surface area contributed by atoms with E-state index in [1.54, 1.807) is 4.90 Å². The molecule has 0 radical (unpaired) electrons. The fraction of sp³-hybridized carbons (Fsp3) is 0.478. The van der Waals surface area contributed by atoms with E-state index in [2.05, 4.69) is 4.98 Å². The van der Waals surface area contributed by atoms with Crippen molar-refractivity contribution in [2.75, 3.05) is 45.6 Å². The molecule has 1 amide bonds. The number of sulfonamides is 1. The normalized spacial score (nSPS) is 22.1. The van der Waals surface area contributed by atoms with E-state index in [1.807, 2.05) is 30.3 Å². The van der Waals surface area contributed by atoms with Gasteiger partial charge in [-0.15, -0.1) is 0 Å². The molecule has 0 bridgehead atoms. The van der Waals surface area contributed by atoms with E-state index in [-0.39, 0.29) is 36.5 Å². The lowest BCUT2D eigenvalue weighted by Gasteiger charge is -2.39. The van der Waals surface area contributed by atoms with Gasteiger partial charge in [-0.25, -0.2) is 13.4 Å². The Kier molecular flexibility index (Phi) is 7.86. The van der Waals surface area contributed by atoms with Crippen LogP contribution in [0.2, 0.25) is 0 Å². The predicted octanol–water partition coefficient (Wildman–Crippen LogP) is 1.21. The zero-order valence-corrected chi connectivity index (χ0v) is 21.1. The molecule has 12 heteroatoms. The molecule has 0 spiro atoms. The van der Waals surface area contributed by atoms with Crippen LogP contribution in [0.5, 0.6) is 0 Å². The van der Waals surface area contributed by atoms with Gasteiger partial charge in [0.2, 0.25) is 5.91 Å². The van der Waals surface area contributed by atoms with Crippen LogP contribution in [0.15, 0.2) is 53.7 Å². The van der Waals surface area contributed by atoms with Crippen molar-refractivity contribution >= 4 is 26.0 Å². The smallest absolute Gasteiger partial charge is 0.264 e. The molecule has 190 valence electrons. The first-order chi connectivity index (χ1) is 16.6. The van der Waals surface area contributed by atoms with Crippen LogP contribution in [-0.2, 0) is 40.5 Å². The minimum absolute atomic E-state index is 0.0492. The van der Waals surface area contributed by atoms with Gasteiger partial charge in [0.1, 0.15) is 0 Å². The number of rotatable bonds is 7. The number of benzene rings is 1. The van der Waals surface area contributed by atoms with Crippen molar-refractivity contribution in [2.24, 2.45) is 5.92 Å². The Morgan fingerprint density at radius 2 is 1.80 bits per heavy atom. The SMILES string of the molecule is CS(=O)(=O)OCc1ccnc(S(=O)(=O)N2C[C@@H](C(=O)N3CCOCC3)C[C@@H](c3ccccc3)C2)c1. The van der Waals surface area contributed by atoms with E-state index in [0.29, 0.717) is 38.3 Å². The van der Waals surface area contributed by atoms with Gasteiger partial charge in [0.25, 0.3) is 20.1 Å². The van der Waals surface area contributed by atoms with E-state index in [0.717, 1.165) is 11.8 Å². The molecule has 2 saturated heterocycles.